The molecular weight excluding hydrogens is 388 g/mol. The lowest BCUT2D eigenvalue weighted by atomic mass is 9.99. The lowest BCUT2D eigenvalue weighted by molar-refractivity contribution is -0.130. The molecule has 0 bridgehead atoms. The molecule has 1 heterocycles. The Bertz CT molecular complexity index is 992. The number of aromatic amines is 1. The van der Waals surface area contributed by atoms with Crippen LogP contribution >= 0.6 is 0 Å². The third-order valence-electron chi connectivity index (χ3n) is 5.56. The van der Waals surface area contributed by atoms with Crippen LogP contribution in [-0.4, -0.2) is 33.1 Å². The fourth-order valence-electron chi connectivity index (χ4n) is 3.75. The fraction of sp³-hybridized carbons (Fsp3) is 0.346. The van der Waals surface area contributed by atoms with Gasteiger partial charge in [0.05, 0.1) is 0 Å². The Kier molecular flexibility index (Phi) is 7.76. The van der Waals surface area contributed by atoms with Gasteiger partial charge in [-0.3, -0.25) is 9.78 Å². The van der Waals surface area contributed by atoms with Crippen molar-refractivity contribution in [2.24, 2.45) is 0 Å². The van der Waals surface area contributed by atoms with Crippen LogP contribution < -0.4 is 0 Å². The molecule has 0 atom stereocenters. The highest BCUT2D eigenvalue weighted by Gasteiger charge is 2.10. The van der Waals surface area contributed by atoms with Gasteiger partial charge in [-0.15, -0.1) is 0 Å². The number of unbranched alkanes of at least 4 members (excludes halogenated alkanes) is 3. The third kappa shape index (κ3) is 6.38. The number of hydrogen-bond donors (Lipinski definition) is 3. The van der Waals surface area contributed by atoms with Crippen molar-refractivity contribution in [3.8, 4) is 22.9 Å². The number of hydrogen-bond acceptors (Lipinski definition) is 3. The Morgan fingerprint density at radius 2 is 1.71 bits per heavy atom. The van der Waals surface area contributed by atoms with E-state index in [1.807, 2.05) is 30.1 Å². The molecule has 0 radical (unpaired) electrons. The maximum atomic E-state index is 12.4. The molecule has 0 saturated heterocycles. The summed E-state index contributed by atoms with van der Waals surface area (Å²) < 4.78 is 0. The molecule has 1 aromatic heterocycles. The van der Waals surface area contributed by atoms with Gasteiger partial charge in [0.1, 0.15) is 0 Å². The van der Waals surface area contributed by atoms with E-state index in [0.717, 1.165) is 35.1 Å². The van der Waals surface area contributed by atoms with Crippen molar-refractivity contribution in [3.63, 3.8) is 0 Å². The molecule has 3 rings (SSSR count). The van der Waals surface area contributed by atoms with Gasteiger partial charge in [-0.25, -0.2) is 0 Å². The van der Waals surface area contributed by atoms with Crippen LogP contribution in [0.2, 0.25) is 0 Å². The van der Waals surface area contributed by atoms with E-state index in [4.69, 9.17) is 0 Å². The lowest BCUT2D eigenvalue weighted by Gasteiger charge is -2.18. The largest absolute Gasteiger partial charge is 0.495 e. The van der Waals surface area contributed by atoms with E-state index in [-0.39, 0.29) is 17.7 Å². The molecule has 3 aromatic rings. The first-order chi connectivity index (χ1) is 15.0. The molecule has 0 fully saturated rings. The van der Waals surface area contributed by atoms with E-state index in [9.17, 15) is 15.0 Å². The van der Waals surface area contributed by atoms with Gasteiger partial charge in [0.2, 0.25) is 5.91 Å². The molecule has 164 valence electrons. The molecule has 5 nitrogen and oxygen atoms in total. The zero-order chi connectivity index (χ0) is 22.2. The minimum absolute atomic E-state index is 0.00157. The molecule has 0 aliphatic heterocycles. The van der Waals surface area contributed by atoms with Crippen molar-refractivity contribution in [1.29, 1.82) is 0 Å². The standard InChI is InChI=1S/C26H32N2O3/c1-3-4-5-6-10-25(30)28(2)18-20-8-7-9-22(16-20)21-13-11-19(12-14-21)15-23-17-24(29)27-26(23)31/h7-9,11-14,16-17,27,29,31H,3-6,10,15,18H2,1-2H3. The fourth-order valence-corrected chi connectivity index (χ4v) is 3.75. The Labute approximate surface area is 184 Å². The van der Waals surface area contributed by atoms with Gasteiger partial charge in [0, 0.05) is 38.1 Å². The lowest BCUT2D eigenvalue weighted by Crippen LogP contribution is -2.25. The van der Waals surface area contributed by atoms with Gasteiger partial charge in [-0.2, -0.15) is 0 Å². The van der Waals surface area contributed by atoms with E-state index in [0.29, 0.717) is 24.9 Å². The van der Waals surface area contributed by atoms with E-state index >= 15 is 0 Å². The van der Waals surface area contributed by atoms with Crippen molar-refractivity contribution in [2.75, 3.05) is 7.05 Å². The van der Waals surface area contributed by atoms with E-state index in [2.05, 4.69) is 42.2 Å². The van der Waals surface area contributed by atoms with Crippen LogP contribution in [0.5, 0.6) is 11.8 Å². The van der Waals surface area contributed by atoms with Crippen LogP contribution in [-0.2, 0) is 17.8 Å². The van der Waals surface area contributed by atoms with Crippen molar-refractivity contribution in [2.45, 2.75) is 52.0 Å². The van der Waals surface area contributed by atoms with E-state index < -0.39 is 0 Å². The Balaban J connectivity index is 1.61. The zero-order valence-electron chi connectivity index (χ0n) is 18.4. The highest BCUT2D eigenvalue weighted by atomic mass is 16.3. The van der Waals surface area contributed by atoms with Gasteiger partial charge in [-0.05, 0) is 34.7 Å². The maximum Gasteiger partial charge on any atom is 0.222 e. The van der Waals surface area contributed by atoms with Gasteiger partial charge < -0.3 is 15.1 Å². The maximum absolute atomic E-state index is 12.4. The van der Waals surface area contributed by atoms with Crippen LogP contribution in [0.3, 0.4) is 0 Å². The van der Waals surface area contributed by atoms with Gasteiger partial charge in [0.25, 0.3) is 0 Å². The molecule has 5 heteroatoms. The second-order valence-corrected chi connectivity index (χ2v) is 8.16. The monoisotopic (exact) mass is 420 g/mol. The summed E-state index contributed by atoms with van der Waals surface area (Å²) in [5, 5.41) is 19.2. The number of benzene rings is 2. The molecular formula is C26H32N2O3. The summed E-state index contributed by atoms with van der Waals surface area (Å²) in [6, 6.07) is 18.0. The first kappa shape index (κ1) is 22.5. The Morgan fingerprint density at radius 1 is 0.935 bits per heavy atom. The van der Waals surface area contributed by atoms with Gasteiger partial charge in [0.15, 0.2) is 11.8 Å². The smallest absolute Gasteiger partial charge is 0.222 e. The summed E-state index contributed by atoms with van der Waals surface area (Å²) in [7, 11) is 1.87. The Morgan fingerprint density at radius 3 is 2.39 bits per heavy atom. The number of aromatic nitrogens is 1. The summed E-state index contributed by atoms with van der Waals surface area (Å²) in [5.41, 5.74) is 5.02. The highest BCUT2D eigenvalue weighted by molar-refractivity contribution is 5.76. The number of carbonyl (C=O) groups excluding carboxylic acids is 1. The summed E-state index contributed by atoms with van der Waals surface area (Å²) in [6.07, 6.45) is 5.60. The number of nitrogens with zero attached hydrogens (tertiary/aromatic N) is 1. The minimum Gasteiger partial charge on any atom is -0.495 e. The average molecular weight is 421 g/mol. The molecule has 0 aliphatic carbocycles. The van der Waals surface area contributed by atoms with Gasteiger partial charge >= 0.3 is 0 Å². The quantitative estimate of drug-likeness (QED) is 0.373. The highest BCUT2D eigenvalue weighted by Crippen LogP contribution is 2.26. The third-order valence-corrected chi connectivity index (χ3v) is 5.56. The summed E-state index contributed by atoms with van der Waals surface area (Å²) in [4.78, 5) is 16.7. The van der Waals surface area contributed by atoms with Crippen molar-refractivity contribution < 1.29 is 15.0 Å². The number of H-pyrrole nitrogens is 1. The van der Waals surface area contributed by atoms with Crippen molar-refractivity contribution in [1.82, 2.24) is 9.88 Å². The second kappa shape index (κ2) is 10.7. The van der Waals surface area contributed by atoms with Crippen molar-refractivity contribution >= 4 is 5.91 Å². The minimum atomic E-state index is -0.0367. The molecule has 1 amide bonds. The van der Waals surface area contributed by atoms with E-state index in [1.54, 1.807) is 0 Å². The SMILES string of the molecule is CCCCCCC(=O)N(C)Cc1cccc(-c2ccc(Cc3cc(O)[nH]c3O)cc2)c1. The summed E-state index contributed by atoms with van der Waals surface area (Å²) in [5.74, 6) is 0.161. The Hall–Kier alpha value is -3.21. The van der Waals surface area contributed by atoms with Crippen LogP contribution in [0.25, 0.3) is 11.1 Å². The molecule has 2 aromatic carbocycles. The molecule has 0 aliphatic rings. The molecule has 0 spiro atoms. The van der Waals surface area contributed by atoms with Crippen LogP contribution in [0.1, 0.15) is 55.7 Å². The number of carbonyl (C=O) groups is 1. The normalized spacial score (nSPS) is 10.9. The zero-order valence-corrected chi connectivity index (χ0v) is 18.4. The molecule has 0 unspecified atom stereocenters. The average Bonchev–Trinajstić information content (AvgIpc) is 3.08. The van der Waals surface area contributed by atoms with E-state index in [1.165, 1.54) is 18.9 Å². The predicted molar refractivity (Wildman–Crippen MR) is 124 cm³/mol. The second-order valence-electron chi connectivity index (χ2n) is 8.16. The van der Waals surface area contributed by atoms with Gasteiger partial charge in [-0.1, -0.05) is 68.7 Å². The predicted octanol–water partition coefficient (Wildman–Crippen LogP) is 5.61. The topological polar surface area (TPSA) is 76.6 Å². The first-order valence-electron chi connectivity index (χ1n) is 11.0. The molecule has 31 heavy (non-hydrogen) atoms. The first-order valence-corrected chi connectivity index (χ1v) is 11.0. The summed E-state index contributed by atoms with van der Waals surface area (Å²) in [6.45, 7) is 2.78. The number of nitrogens with one attached hydrogen (secondary N) is 1. The van der Waals surface area contributed by atoms with Crippen LogP contribution in [0.15, 0.2) is 54.6 Å². The summed E-state index contributed by atoms with van der Waals surface area (Å²) >= 11 is 0. The van der Waals surface area contributed by atoms with Crippen LogP contribution in [0, 0.1) is 0 Å². The molecule has 0 saturated carbocycles. The number of amides is 1. The number of rotatable bonds is 10. The number of aromatic hydroxyl groups is 2. The van der Waals surface area contributed by atoms with Crippen molar-refractivity contribution in [3.05, 3.63) is 71.3 Å². The molecule has 3 N–H and O–H groups in total. The van der Waals surface area contributed by atoms with Crippen LogP contribution in [0.4, 0.5) is 0 Å².